The zero-order valence-corrected chi connectivity index (χ0v) is 14.7. The molecule has 0 aliphatic carbocycles. The Morgan fingerprint density at radius 2 is 1.74 bits per heavy atom. The van der Waals surface area contributed by atoms with Crippen molar-refractivity contribution < 1.29 is 0 Å². The van der Waals surface area contributed by atoms with Crippen LogP contribution in [0.3, 0.4) is 0 Å². The average Bonchev–Trinajstić information content (AvgIpc) is 3.08. The number of hydrogen-bond donors (Lipinski definition) is 0. The quantitative estimate of drug-likeness (QED) is 0.739. The van der Waals surface area contributed by atoms with Crippen molar-refractivity contribution in [3.63, 3.8) is 0 Å². The van der Waals surface area contributed by atoms with Gasteiger partial charge in [-0.1, -0.05) is 29.3 Å². The summed E-state index contributed by atoms with van der Waals surface area (Å²) in [6, 6.07) is 7.82. The first-order chi connectivity index (χ1) is 11.2. The van der Waals surface area contributed by atoms with Crippen LogP contribution >= 0.6 is 23.2 Å². The highest BCUT2D eigenvalue weighted by atomic mass is 35.5. The fourth-order valence-electron chi connectivity index (χ4n) is 2.99. The molecule has 0 bridgehead atoms. The summed E-state index contributed by atoms with van der Waals surface area (Å²) in [5, 5.41) is 5.53. The van der Waals surface area contributed by atoms with Crippen molar-refractivity contribution in [2.75, 3.05) is 37.6 Å². The fourth-order valence-corrected chi connectivity index (χ4v) is 3.41. The summed E-state index contributed by atoms with van der Waals surface area (Å²) in [6.07, 6.45) is 6.23. The molecular formula is C17H22Cl2N4. The van der Waals surface area contributed by atoms with Gasteiger partial charge in [-0.25, -0.2) is 0 Å². The van der Waals surface area contributed by atoms with Crippen LogP contribution in [0.2, 0.25) is 10.0 Å². The lowest BCUT2D eigenvalue weighted by molar-refractivity contribution is 0.251. The van der Waals surface area contributed by atoms with E-state index in [1.165, 1.54) is 12.8 Å². The first kappa shape index (κ1) is 16.6. The van der Waals surface area contributed by atoms with Gasteiger partial charge in [0, 0.05) is 45.1 Å². The average molecular weight is 353 g/mol. The van der Waals surface area contributed by atoms with Gasteiger partial charge in [0.1, 0.15) is 0 Å². The molecule has 4 nitrogen and oxygen atoms in total. The molecule has 0 amide bonds. The summed E-state index contributed by atoms with van der Waals surface area (Å²) < 4.78 is 2.00. The van der Waals surface area contributed by atoms with Crippen LogP contribution in [0.15, 0.2) is 36.7 Å². The predicted molar refractivity (Wildman–Crippen MR) is 96.6 cm³/mol. The summed E-state index contributed by atoms with van der Waals surface area (Å²) in [5.74, 6) is 0. The van der Waals surface area contributed by atoms with Gasteiger partial charge >= 0.3 is 0 Å². The van der Waals surface area contributed by atoms with Crippen molar-refractivity contribution in [3.05, 3.63) is 46.7 Å². The van der Waals surface area contributed by atoms with Crippen molar-refractivity contribution in [3.8, 4) is 0 Å². The van der Waals surface area contributed by atoms with E-state index in [1.54, 1.807) is 0 Å². The molecule has 6 heteroatoms. The van der Waals surface area contributed by atoms with Gasteiger partial charge in [-0.05, 0) is 37.6 Å². The molecule has 124 valence electrons. The van der Waals surface area contributed by atoms with Crippen molar-refractivity contribution in [2.45, 2.75) is 19.4 Å². The number of aryl methyl sites for hydroxylation is 1. The molecule has 0 saturated carbocycles. The predicted octanol–water partition coefficient (Wildman–Crippen LogP) is 3.79. The van der Waals surface area contributed by atoms with E-state index < -0.39 is 0 Å². The number of halogens is 2. The summed E-state index contributed by atoms with van der Waals surface area (Å²) >= 11 is 12.4. The monoisotopic (exact) mass is 352 g/mol. The zero-order valence-electron chi connectivity index (χ0n) is 13.2. The van der Waals surface area contributed by atoms with E-state index in [0.29, 0.717) is 10.0 Å². The second-order valence-corrected chi connectivity index (χ2v) is 6.66. The van der Waals surface area contributed by atoms with Gasteiger partial charge in [0.05, 0.1) is 15.7 Å². The van der Waals surface area contributed by atoms with Gasteiger partial charge in [-0.15, -0.1) is 0 Å². The van der Waals surface area contributed by atoms with E-state index in [1.807, 2.05) is 41.3 Å². The smallest absolute Gasteiger partial charge is 0.0825 e. The summed E-state index contributed by atoms with van der Waals surface area (Å²) in [5.41, 5.74) is 1.05. The van der Waals surface area contributed by atoms with Crippen LogP contribution in [0.1, 0.15) is 12.8 Å². The lowest BCUT2D eigenvalue weighted by Crippen LogP contribution is -2.46. The SMILES string of the molecule is Clc1cccc(N2CCN(CCCCn3cccn3)CC2)c1Cl. The van der Waals surface area contributed by atoms with Crippen LogP contribution < -0.4 is 4.90 Å². The number of anilines is 1. The van der Waals surface area contributed by atoms with E-state index >= 15 is 0 Å². The van der Waals surface area contributed by atoms with Crippen molar-refractivity contribution >= 4 is 28.9 Å². The Labute approximate surface area is 147 Å². The third-order valence-electron chi connectivity index (χ3n) is 4.31. The van der Waals surface area contributed by atoms with E-state index in [9.17, 15) is 0 Å². The second kappa shape index (κ2) is 8.04. The molecule has 0 N–H and O–H groups in total. The number of hydrogen-bond acceptors (Lipinski definition) is 3. The van der Waals surface area contributed by atoms with Gasteiger partial charge < -0.3 is 4.90 Å². The highest BCUT2D eigenvalue weighted by Gasteiger charge is 2.19. The van der Waals surface area contributed by atoms with Crippen LogP contribution in [0.5, 0.6) is 0 Å². The number of benzene rings is 1. The number of unbranched alkanes of at least 4 members (excludes halogenated alkanes) is 1. The molecule has 0 spiro atoms. The minimum Gasteiger partial charge on any atom is -0.368 e. The van der Waals surface area contributed by atoms with Gasteiger partial charge in [0.25, 0.3) is 0 Å². The molecule has 0 atom stereocenters. The molecule has 1 saturated heterocycles. The second-order valence-electron chi connectivity index (χ2n) is 5.88. The molecule has 1 fully saturated rings. The molecular weight excluding hydrogens is 331 g/mol. The van der Waals surface area contributed by atoms with Gasteiger partial charge in [-0.2, -0.15) is 5.10 Å². The van der Waals surface area contributed by atoms with E-state index in [2.05, 4.69) is 14.9 Å². The Morgan fingerprint density at radius 1 is 0.957 bits per heavy atom. The summed E-state index contributed by atoms with van der Waals surface area (Å²) in [4.78, 5) is 4.85. The summed E-state index contributed by atoms with van der Waals surface area (Å²) in [7, 11) is 0. The highest BCUT2D eigenvalue weighted by molar-refractivity contribution is 6.43. The Morgan fingerprint density at radius 3 is 2.48 bits per heavy atom. The molecule has 1 aliphatic rings. The normalized spacial score (nSPS) is 16.0. The maximum Gasteiger partial charge on any atom is 0.0825 e. The maximum absolute atomic E-state index is 6.32. The van der Waals surface area contributed by atoms with Crippen LogP contribution in [-0.4, -0.2) is 47.4 Å². The lowest BCUT2D eigenvalue weighted by atomic mass is 10.2. The van der Waals surface area contributed by atoms with Crippen LogP contribution in [-0.2, 0) is 6.54 Å². The van der Waals surface area contributed by atoms with E-state index in [0.717, 1.165) is 45.0 Å². The number of nitrogens with zero attached hydrogens (tertiary/aromatic N) is 4. The maximum atomic E-state index is 6.32. The van der Waals surface area contributed by atoms with Crippen molar-refractivity contribution in [1.29, 1.82) is 0 Å². The zero-order chi connectivity index (χ0) is 16.1. The summed E-state index contributed by atoms with van der Waals surface area (Å²) in [6.45, 7) is 6.30. The third kappa shape index (κ3) is 4.40. The lowest BCUT2D eigenvalue weighted by Gasteiger charge is -2.36. The highest BCUT2D eigenvalue weighted by Crippen LogP contribution is 2.32. The van der Waals surface area contributed by atoms with Gasteiger partial charge in [0.2, 0.25) is 0 Å². The Bertz CT molecular complexity index is 607. The molecule has 0 radical (unpaired) electrons. The largest absolute Gasteiger partial charge is 0.368 e. The Hall–Kier alpha value is -1.23. The van der Waals surface area contributed by atoms with Crippen LogP contribution in [0.25, 0.3) is 0 Å². The Balaban J connectivity index is 1.41. The molecule has 2 aromatic rings. The first-order valence-corrected chi connectivity index (χ1v) is 8.88. The number of piperazine rings is 1. The molecule has 3 rings (SSSR count). The molecule has 1 aromatic carbocycles. The first-order valence-electron chi connectivity index (χ1n) is 8.13. The van der Waals surface area contributed by atoms with Crippen LogP contribution in [0, 0.1) is 0 Å². The third-order valence-corrected chi connectivity index (χ3v) is 5.12. The molecule has 2 heterocycles. The number of aromatic nitrogens is 2. The number of rotatable bonds is 6. The molecule has 1 aliphatic heterocycles. The fraction of sp³-hybridized carbons (Fsp3) is 0.471. The van der Waals surface area contributed by atoms with E-state index in [4.69, 9.17) is 23.2 Å². The van der Waals surface area contributed by atoms with E-state index in [-0.39, 0.29) is 0 Å². The van der Waals surface area contributed by atoms with Gasteiger partial charge in [0.15, 0.2) is 0 Å². The minimum atomic E-state index is 0.630. The van der Waals surface area contributed by atoms with Crippen molar-refractivity contribution in [2.24, 2.45) is 0 Å². The molecule has 1 aromatic heterocycles. The van der Waals surface area contributed by atoms with Crippen molar-refractivity contribution in [1.82, 2.24) is 14.7 Å². The Kier molecular flexibility index (Phi) is 5.81. The molecule has 23 heavy (non-hydrogen) atoms. The van der Waals surface area contributed by atoms with Gasteiger partial charge in [-0.3, -0.25) is 9.58 Å². The standard InChI is InChI=1S/C17H22Cl2N4/c18-15-5-3-6-16(17(15)19)22-13-11-21(12-14-22)8-1-2-9-23-10-4-7-20-23/h3-7,10H,1-2,8-9,11-14H2. The molecule has 0 unspecified atom stereocenters. The minimum absolute atomic E-state index is 0.630. The van der Waals surface area contributed by atoms with Crippen LogP contribution in [0.4, 0.5) is 5.69 Å². The topological polar surface area (TPSA) is 24.3 Å².